The van der Waals surface area contributed by atoms with Gasteiger partial charge in [-0.1, -0.05) is 53.5 Å². The van der Waals surface area contributed by atoms with E-state index in [4.69, 9.17) is 23.2 Å². The van der Waals surface area contributed by atoms with Crippen LogP contribution in [0.1, 0.15) is 5.56 Å². The van der Waals surface area contributed by atoms with Crippen LogP contribution in [0, 0.1) is 0 Å². The topological polar surface area (TPSA) is 59.0 Å². The van der Waals surface area contributed by atoms with Crippen molar-refractivity contribution in [1.29, 1.82) is 0 Å². The average molecular weight is 361 g/mol. The number of benzene rings is 2. The van der Waals surface area contributed by atoms with Gasteiger partial charge in [0.25, 0.3) is 0 Å². The van der Waals surface area contributed by atoms with E-state index in [1.165, 1.54) is 0 Å². The number of aromatic nitrogens is 2. The van der Waals surface area contributed by atoms with Crippen molar-refractivity contribution in [1.82, 2.24) is 9.78 Å². The van der Waals surface area contributed by atoms with Crippen LogP contribution in [0.15, 0.2) is 60.9 Å². The molecule has 0 aliphatic heterocycles. The Kier molecular flexibility index (Phi) is 5.03. The van der Waals surface area contributed by atoms with E-state index in [-0.39, 0.29) is 6.03 Å². The van der Waals surface area contributed by atoms with Crippen molar-refractivity contribution >= 4 is 40.6 Å². The number of anilines is 2. The van der Waals surface area contributed by atoms with E-state index < -0.39 is 0 Å². The summed E-state index contributed by atoms with van der Waals surface area (Å²) < 4.78 is 1.75. The third kappa shape index (κ3) is 4.28. The number of rotatable bonds is 4. The Morgan fingerprint density at radius 1 is 1.00 bits per heavy atom. The number of hydrogen-bond acceptors (Lipinski definition) is 2. The third-order valence-corrected chi connectivity index (χ3v) is 4.00. The molecule has 0 unspecified atom stereocenters. The lowest BCUT2D eigenvalue weighted by molar-refractivity contribution is 0.262. The zero-order valence-electron chi connectivity index (χ0n) is 12.5. The first-order valence-corrected chi connectivity index (χ1v) is 7.95. The van der Waals surface area contributed by atoms with Crippen molar-refractivity contribution in [2.24, 2.45) is 0 Å². The molecule has 0 radical (unpaired) electrons. The van der Waals surface area contributed by atoms with Gasteiger partial charge in [0.1, 0.15) is 0 Å². The van der Waals surface area contributed by atoms with Gasteiger partial charge in [-0.15, -0.1) is 0 Å². The molecule has 0 fully saturated rings. The van der Waals surface area contributed by atoms with E-state index in [0.29, 0.717) is 28.0 Å². The molecule has 0 aliphatic rings. The highest BCUT2D eigenvalue weighted by molar-refractivity contribution is 6.42. The minimum absolute atomic E-state index is 0.380. The van der Waals surface area contributed by atoms with E-state index in [1.807, 2.05) is 30.3 Å². The zero-order valence-corrected chi connectivity index (χ0v) is 14.1. The molecule has 1 heterocycles. The molecule has 0 saturated heterocycles. The van der Waals surface area contributed by atoms with Gasteiger partial charge in [-0.25, -0.2) is 4.79 Å². The number of urea groups is 1. The number of nitrogens with zero attached hydrogens (tertiary/aromatic N) is 2. The molecular formula is C17H14Cl2N4O. The smallest absolute Gasteiger partial charge is 0.308 e. The molecule has 2 aromatic carbocycles. The third-order valence-electron chi connectivity index (χ3n) is 3.26. The summed E-state index contributed by atoms with van der Waals surface area (Å²) in [6, 6.07) is 14.5. The number of hydrogen-bond donors (Lipinski definition) is 2. The summed E-state index contributed by atoms with van der Waals surface area (Å²) in [4.78, 5) is 12.0. The largest absolute Gasteiger partial charge is 0.323 e. The zero-order chi connectivity index (χ0) is 16.9. The lowest BCUT2D eigenvalue weighted by Crippen LogP contribution is -2.19. The molecule has 0 saturated carbocycles. The summed E-state index contributed by atoms with van der Waals surface area (Å²) >= 11 is 11.8. The van der Waals surface area contributed by atoms with Crippen molar-refractivity contribution in [2.75, 3.05) is 10.6 Å². The summed E-state index contributed by atoms with van der Waals surface area (Å²) in [5.41, 5.74) is 2.29. The molecule has 3 aromatic rings. The van der Waals surface area contributed by atoms with Crippen LogP contribution in [-0.2, 0) is 6.54 Å². The van der Waals surface area contributed by atoms with E-state index in [0.717, 1.165) is 5.56 Å². The van der Waals surface area contributed by atoms with E-state index >= 15 is 0 Å². The van der Waals surface area contributed by atoms with Gasteiger partial charge in [0.05, 0.1) is 28.5 Å². The Morgan fingerprint density at radius 3 is 2.50 bits per heavy atom. The summed E-state index contributed by atoms with van der Waals surface area (Å²) in [6.07, 6.45) is 3.36. The predicted molar refractivity (Wildman–Crippen MR) is 96.9 cm³/mol. The second kappa shape index (κ2) is 7.38. The van der Waals surface area contributed by atoms with Crippen LogP contribution in [0.3, 0.4) is 0 Å². The van der Waals surface area contributed by atoms with Gasteiger partial charge in [0.15, 0.2) is 0 Å². The number of nitrogens with one attached hydrogen (secondary N) is 2. The Labute approximate surface area is 149 Å². The van der Waals surface area contributed by atoms with Crippen LogP contribution in [0.5, 0.6) is 0 Å². The first-order valence-electron chi connectivity index (χ1n) is 7.19. The molecular weight excluding hydrogens is 347 g/mol. The summed E-state index contributed by atoms with van der Waals surface area (Å²) in [6.45, 7) is 0.636. The standard InChI is InChI=1S/C17H14Cl2N4O/c18-15-7-6-13(8-16(15)19)21-17(24)22-14-9-20-23(11-14)10-12-4-2-1-3-5-12/h1-9,11H,10H2,(H2,21,22,24). The van der Waals surface area contributed by atoms with Gasteiger partial charge in [0, 0.05) is 11.9 Å². The SMILES string of the molecule is O=C(Nc1ccc(Cl)c(Cl)c1)Nc1cnn(Cc2ccccc2)c1. The maximum atomic E-state index is 12.0. The Morgan fingerprint density at radius 2 is 1.75 bits per heavy atom. The lowest BCUT2D eigenvalue weighted by Gasteiger charge is -2.07. The van der Waals surface area contributed by atoms with Crippen LogP contribution in [0.25, 0.3) is 0 Å². The highest BCUT2D eigenvalue weighted by atomic mass is 35.5. The van der Waals surface area contributed by atoms with Crippen molar-refractivity contribution in [3.8, 4) is 0 Å². The number of carbonyl (C=O) groups excluding carboxylic acids is 1. The van der Waals surface area contributed by atoms with Crippen molar-refractivity contribution in [3.05, 3.63) is 76.5 Å². The number of amides is 2. The molecule has 0 aliphatic carbocycles. The molecule has 7 heteroatoms. The normalized spacial score (nSPS) is 10.4. The second-order valence-electron chi connectivity index (χ2n) is 5.12. The first kappa shape index (κ1) is 16.4. The van der Waals surface area contributed by atoms with Crippen LogP contribution >= 0.6 is 23.2 Å². The summed E-state index contributed by atoms with van der Waals surface area (Å²) in [5.74, 6) is 0. The number of halogens is 2. The quantitative estimate of drug-likeness (QED) is 0.696. The van der Waals surface area contributed by atoms with Gasteiger partial charge in [-0.05, 0) is 23.8 Å². The lowest BCUT2D eigenvalue weighted by atomic mass is 10.2. The van der Waals surface area contributed by atoms with E-state index in [1.54, 1.807) is 35.3 Å². The predicted octanol–water partition coefficient (Wildman–Crippen LogP) is 4.88. The fourth-order valence-electron chi connectivity index (χ4n) is 2.15. The molecule has 5 nitrogen and oxygen atoms in total. The molecule has 24 heavy (non-hydrogen) atoms. The summed E-state index contributed by atoms with van der Waals surface area (Å²) in [5, 5.41) is 10.5. The van der Waals surface area contributed by atoms with Crippen LogP contribution < -0.4 is 10.6 Å². The monoisotopic (exact) mass is 360 g/mol. The Bertz CT molecular complexity index is 849. The van der Waals surface area contributed by atoms with Gasteiger partial charge >= 0.3 is 6.03 Å². The fraction of sp³-hybridized carbons (Fsp3) is 0.0588. The van der Waals surface area contributed by atoms with Gasteiger partial charge < -0.3 is 10.6 Å². The first-order chi connectivity index (χ1) is 11.6. The van der Waals surface area contributed by atoms with E-state index in [9.17, 15) is 4.79 Å². The molecule has 122 valence electrons. The van der Waals surface area contributed by atoms with Gasteiger partial charge in [0.2, 0.25) is 0 Å². The minimum atomic E-state index is -0.382. The molecule has 2 amide bonds. The average Bonchev–Trinajstić information content (AvgIpc) is 2.99. The molecule has 0 bridgehead atoms. The molecule has 0 spiro atoms. The minimum Gasteiger partial charge on any atom is -0.308 e. The second-order valence-corrected chi connectivity index (χ2v) is 5.93. The van der Waals surface area contributed by atoms with E-state index in [2.05, 4.69) is 15.7 Å². The van der Waals surface area contributed by atoms with Crippen molar-refractivity contribution in [3.63, 3.8) is 0 Å². The fourth-order valence-corrected chi connectivity index (χ4v) is 2.45. The Hall–Kier alpha value is -2.50. The molecule has 2 N–H and O–H groups in total. The molecule has 3 rings (SSSR count). The van der Waals surface area contributed by atoms with Crippen molar-refractivity contribution in [2.45, 2.75) is 6.54 Å². The van der Waals surface area contributed by atoms with Gasteiger partial charge in [-0.2, -0.15) is 5.10 Å². The van der Waals surface area contributed by atoms with Crippen LogP contribution in [0.2, 0.25) is 10.0 Å². The Balaban J connectivity index is 1.59. The number of carbonyl (C=O) groups is 1. The molecule has 0 atom stereocenters. The highest BCUT2D eigenvalue weighted by Crippen LogP contribution is 2.25. The van der Waals surface area contributed by atoms with Crippen molar-refractivity contribution < 1.29 is 4.79 Å². The van der Waals surface area contributed by atoms with Gasteiger partial charge in [-0.3, -0.25) is 4.68 Å². The van der Waals surface area contributed by atoms with Crippen LogP contribution in [-0.4, -0.2) is 15.8 Å². The molecule has 1 aromatic heterocycles. The summed E-state index contributed by atoms with van der Waals surface area (Å²) in [7, 11) is 0. The van der Waals surface area contributed by atoms with Crippen LogP contribution in [0.4, 0.5) is 16.2 Å². The maximum absolute atomic E-state index is 12.0. The highest BCUT2D eigenvalue weighted by Gasteiger charge is 2.06. The maximum Gasteiger partial charge on any atom is 0.323 e.